The largest absolute Gasteiger partial charge is 0.449 e. The summed E-state index contributed by atoms with van der Waals surface area (Å²) >= 11 is 0. The number of hydrogen-bond acceptors (Lipinski definition) is 3. The number of piperazine rings is 1. The van der Waals surface area contributed by atoms with Gasteiger partial charge in [-0.25, -0.2) is 4.79 Å². The lowest BCUT2D eigenvalue weighted by Crippen LogP contribution is -2.46. The van der Waals surface area contributed by atoms with E-state index in [-0.39, 0.29) is 6.09 Å². The van der Waals surface area contributed by atoms with E-state index in [2.05, 4.69) is 53.8 Å². The van der Waals surface area contributed by atoms with Crippen molar-refractivity contribution < 1.29 is 9.53 Å². The lowest BCUT2D eigenvalue weighted by molar-refractivity contribution is 0.0959. The molecule has 0 radical (unpaired) electrons. The highest BCUT2D eigenvalue weighted by Crippen LogP contribution is 2.28. The van der Waals surface area contributed by atoms with Crippen LogP contribution in [0.25, 0.3) is 0 Å². The first kappa shape index (κ1) is 17.5. The predicted octanol–water partition coefficient (Wildman–Crippen LogP) is 3.64. The minimum absolute atomic E-state index is 0.183. The van der Waals surface area contributed by atoms with Crippen LogP contribution in [0.5, 0.6) is 0 Å². The van der Waals surface area contributed by atoms with Gasteiger partial charge in [-0.15, -0.1) is 0 Å². The monoisotopic (exact) mass is 338 g/mol. The molecule has 4 heteroatoms. The van der Waals surface area contributed by atoms with E-state index in [0.717, 1.165) is 39.0 Å². The van der Waals surface area contributed by atoms with E-state index in [1.165, 1.54) is 11.1 Å². The summed E-state index contributed by atoms with van der Waals surface area (Å²) in [5.41, 5.74) is 2.62. The third kappa shape index (κ3) is 5.07. The van der Waals surface area contributed by atoms with Crippen molar-refractivity contribution in [2.24, 2.45) is 0 Å². The summed E-state index contributed by atoms with van der Waals surface area (Å²) in [6, 6.07) is 21.1. The van der Waals surface area contributed by atoms with Gasteiger partial charge >= 0.3 is 6.09 Å². The van der Waals surface area contributed by atoms with Crippen LogP contribution in [0.1, 0.15) is 29.9 Å². The first-order chi connectivity index (χ1) is 12.3. The molecule has 2 aromatic carbocycles. The number of hydrogen-bond donors (Lipinski definition) is 1. The van der Waals surface area contributed by atoms with E-state index in [9.17, 15) is 4.79 Å². The van der Waals surface area contributed by atoms with Crippen molar-refractivity contribution in [2.45, 2.75) is 18.8 Å². The molecule has 0 aliphatic carbocycles. The van der Waals surface area contributed by atoms with E-state index in [0.29, 0.717) is 12.5 Å². The van der Waals surface area contributed by atoms with Gasteiger partial charge in [-0.05, 0) is 24.0 Å². The van der Waals surface area contributed by atoms with Crippen LogP contribution in [0.15, 0.2) is 60.7 Å². The van der Waals surface area contributed by atoms with Crippen molar-refractivity contribution in [1.29, 1.82) is 0 Å². The Labute approximate surface area is 149 Å². The highest BCUT2D eigenvalue weighted by Gasteiger charge is 2.18. The summed E-state index contributed by atoms with van der Waals surface area (Å²) < 4.78 is 5.46. The fraction of sp³-hybridized carbons (Fsp3) is 0.381. The maximum absolute atomic E-state index is 12.1. The smallest absolute Gasteiger partial charge is 0.409 e. The van der Waals surface area contributed by atoms with Gasteiger partial charge in [-0.1, -0.05) is 60.7 Å². The molecule has 132 valence electrons. The van der Waals surface area contributed by atoms with Crippen LogP contribution in [0.4, 0.5) is 4.79 Å². The van der Waals surface area contributed by atoms with Crippen LogP contribution in [0.3, 0.4) is 0 Å². The van der Waals surface area contributed by atoms with E-state index in [4.69, 9.17) is 4.74 Å². The third-order valence-corrected chi connectivity index (χ3v) is 4.64. The van der Waals surface area contributed by atoms with E-state index < -0.39 is 0 Å². The van der Waals surface area contributed by atoms with Crippen molar-refractivity contribution in [3.05, 3.63) is 71.8 Å². The Hall–Kier alpha value is -2.33. The van der Waals surface area contributed by atoms with Crippen LogP contribution in [0.2, 0.25) is 0 Å². The lowest BCUT2D eigenvalue weighted by Gasteiger charge is -2.26. The fourth-order valence-electron chi connectivity index (χ4n) is 3.28. The molecular formula is C21H26N2O2. The Morgan fingerprint density at radius 2 is 1.52 bits per heavy atom. The van der Waals surface area contributed by atoms with Crippen molar-refractivity contribution in [3.8, 4) is 0 Å². The molecule has 1 saturated heterocycles. The minimum Gasteiger partial charge on any atom is -0.449 e. The molecule has 0 bridgehead atoms. The van der Waals surface area contributed by atoms with Gasteiger partial charge < -0.3 is 15.0 Å². The average Bonchev–Trinajstić information content (AvgIpc) is 2.70. The summed E-state index contributed by atoms with van der Waals surface area (Å²) in [5.74, 6) is 0.334. The van der Waals surface area contributed by atoms with E-state index in [1.807, 2.05) is 12.1 Å². The molecule has 25 heavy (non-hydrogen) atoms. The van der Waals surface area contributed by atoms with Crippen molar-refractivity contribution in [3.63, 3.8) is 0 Å². The molecule has 1 fully saturated rings. The number of nitrogens with zero attached hydrogens (tertiary/aromatic N) is 1. The number of amides is 1. The van der Waals surface area contributed by atoms with Gasteiger partial charge in [0.15, 0.2) is 0 Å². The summed E-state index contributed by atoms with van der Waals surface area (Å²) in [6.45, 7) is 3.63. The van der Waals surface area contributed by atoms with Gasteiger partial charge in [0, 0.05) is 32.1 Å². The molecule has 1 aliphatic heterocycles. The molecular weight excluding hydrogens is 312 g/mol. The highest BCUT2D eigenvalue weighted by atomic mass is 16.6. The predicted molar refractivity (Wildman–Crippen MR) is 99.8 cm³/mol. The number of rotatable bonds is 6. The van der Waals surface area contributed by atoms with E-state index >= 15 is 0 Å². The number of carbonyl (C=O) groups excluding carboxylic acids is 1. The van der Waals surface area contributed by atoms with Crippen LogP contribution >= 0.6 is 0 Å². The topological polar surface area (TPSA) is 41.6 Å². The first-order valence-corrected chi connectivity index (χ1v) is 9.07. The average molecular weight is 338 g/mol. The molecule has 1 aliphatic rings. The Bertz CT molecular complexity index is 600. The van der Waals surface area contributed by atoms with Crippen molar-refractivity contribution >= 4 is 6.09 Å². The Morgan fingerprint density at radius 1 is 0.960 bits per heavy atom. The highest BCUT2D eigenvalue weighted by molar-refractivity contribution is 5.67. The molecule has 0 saturated carbocycles. The van der Waals surface area contributed by atoms with Crippen LogP contribution < -0.4 is 5.32 Å². The number of nitrogens with one attached hydrogen (secondary N) is 1. The van der Waals surface area contributed by atoms with Gasteiger partial charge in [-0.2, -0.15) is 0 Å². The Morgan fingerprint density at radius 3 is 2.08 bits per heavy atom. The molecule has 1 amide bonds. The Kier molecular flexibility index (Phi) is 6.46. The third-order valence-electron chi connectivity index (χ3n) is 4.64. The summed E-state index contributed by atoms with van der Waals surface area (Å²) in [6.07, 6.45) is 1.63. The molecule has 4 nitrogen and oxygen atoms in total. The normalized spacial score (nSPS) is 14.5. The first-order valence-electron chi connectivity index (χ1n) is 9.07. The second-order valence-corrected chi connectivity index (χ2v) is 6.37. The number of benzene rings is 2. The standard InChI is InChI=1S/C21H26N2O2/c24-21(23-15-13-22-14-16-23)25-17-7-12-20(18-8-3-1-4-9-18)19-10-5-2-6-11-19/h1-6,8-11,20,22H,7,12-17H2. The summed E-state index contributed by atoms with van der Waals surface area (Å²) in [5, 5.41) is 3.24. The quantitative estimate of drug-likeness (QED) is 0.818. The molecule has 2 aromatic rings. The van der Waals surface area contributed by atoms with E-state index in [1.54, 1.807) is 4.90 Å². The molecule has 0 spiro atoms. The fourth-order valence-corrected chi connectivity index (χ4v) is 3.28. The second-order valence-electron chi connectivity index (χ2n) is 6.37. The van der Waals surface area contributed by atoms with Crippen molar-refractivity contribution in [2.75, 3.05) is 32.8 Å². The number of carbonyl (C=O) groups is 1. The molecule has 0 atom stereocenters. The maximum atomic E-state index is 12.1. The van der Waals surface area contributed by atoms with Crippen molar-refractivity contribution in [1.82, 2.24) is 10.2 Å². The lowest BCUT2D eigenvalue weighted by atomic mass is 9.88. The zero-order valence-electron chi connectivity index (χ0n) is 14.6. The molecule has 1 N–H and O–H groups in total. The SMILES string of the molecule is O=C(OCCCC(c1ccccc1)c1ccccc1)N1CCNCC1. The molecule has 0 aromatic heterocycles. The van der Waals surface area contributed by atoms with Crippen LogP contribution in [0, 0.1) is 0 Å². The second kappa shape index (κ2) is 9.23. The van der Waals surface area contributed by atoms with Gasteiger partial charge in [0.1, 0.15) is 0 Å². The van der Waals surface area contributed by atoms with Crippen LogP contribution in [-0.4, -0.2) is 43.8 Å². The van der Waals surface area contributed by atoms with Gasteiger partial charge in [-0.3, -0.25) is 0 Å². The summed E-state index contributed by atoms with van der Waals surface area (Å²) in [7, 11) is 0. The number of ether oxygens (including phenoxy) is 1. The molecule has 1 heterocycles. The zero-order chi connectivity index (χ0) is 17.3. The minimum atomic E-state index is -0.183. The Balaban J connectivity index is 1.53. The van der Waals surface area contributed by atoms with Gasteiger partial charge in [0.2, 0.25) is 0 Å². The van der Waals surface area contributed by atoms with Gasteiger partial charge in [0.25, 0.3) is 0 Å². The van der Waals surface area contributed by atoms with Gasteiger partial charge in [0.05, 0.1) is 6.61 Å². The summed E-state index contributed by atoms with van der Waals surface area (Å²) in [4.78, 5) is 13.8. The zero-order valence-corrected chi connectivity index (χ0v) is 14.6. The molecule has 0 unspecified atom stereocenters. The molecule has 3 rings (SSSR count). The van der Waals surface area contributed by atoms with Crippen LogP contribution in [-0.2, 0) is 4.74 Å². The maximum Gasteiger partial charge on any atom is 0.409 e.